The number of carbonyl (C=O) groups is 1. The number of hydrogen-bond acceptors (Lipinski definition) is 5. The molecular formula is C24H19ClFN3O3S. The zero-order chi connectivity index (χ0) is 23.4. The van der Waals surface area contributed by atoms with Crippen molar-refractivity contribution in [3.63, 3.8) is 0 Å². The molecule has 9 heteroatoms. The summed E-state index contributed by atoms with van der Waals surface area (Å²) in [5.74, 6) is -0.655. The molecule has 0 unspecified atom stereocenters. The number of ether oxygens (including phenoxy) is 1. The van der Waals surface area contributed by atoms with Gasteiger partial charge in [-0.3, -0.25) is 14.2 Å². The van der Waals surface area contributed by atoms with E-state index in [0.29, 0.717) is 34.1 Å². The van der Waals surface area contributed by atoms with E-state index < -0.39 is 11.7 Å². The van der Waals surface area contributed by atoms with Crippen molar-refractivity contribution < 1.29 is 13.9 Å². The van der Waals surface area contributed by atoms with E-state index in [0.717, 1.165) is 17.8 Å². The largest absolute Gasteiger partial charge is 0.492 e. The zero-order valence-electron chi connectivity index (χ0n) is 17.5. The first-order chi connectivity index (χ1) is 16.0. The number of amides is 1. The molecule has 3 aromatic carbocycles. The van der Waals surface area contributed by atoms with Gasteiger partial charge in [0.25, 0.3) is 5.56 Å². The van der Waals surface area contributed by atoms with E-state index in [2.05, 4.69) is 10.3 Å². The Bertz CT molecular complexity index is 1390. The Morgan fingerprint density at radius 1 is 1.15 bits per heavy atom. The molecule has 33 heavy (non-hydrogen) atoms. The second kappa shape index (κ2) is 10.1. The van der Waals surface area contributed by atoms with Gasteiger partial charge in [0.2, 0.25) is 5.91 Å². The second-order valence-corrected chi connectivity index (χ2v) is 8.29. The van der Waals surface area contributed by atoms with Gasteiger partial charge in [0, 0.05) is 5.02 Å². The van der Waals surface area contributed by atoms with Gasteiger partial charge in [0.15, 0.2) is 5.16 Å². The third-order valence-corrected chi connectivity index (χ3v) is 5.86. The van der Waals surface area contributed by atoms with Crippen LogP contribution in [-0.2, 0) is 4.79 Å². The molecule has 0 fully saturated rings. The monoisotopic (exact) mass is 483 g/mol. The second-order valence-electron chi connectivity index (χ2n) is 6.91. The van der Waals surface area contributed by atoms with Crippen molar-refractivity contribution in [1.29, 1.82) is 0 Å². The number of halogens is 2. The lowest BCUT2D eigenvalue weighted by Gasteiger charge is -2.16. The molecule has 6 nitrogen and oxygen atoms in total. The highest BCUT2D eigenvalue weighted by molar-refractivity contribution is 7.99. The maximum absolute atomic E-state index is 14.0. The quantitative estimate of drug-likeness (QED) is 0.285. The van der Waals surface area contributed by atoms with Crippen molar-refractivity contribution in [1.82, 2.24) is 9.55 Å². The van der Waals surface area contributed by atoms with Crippen LogP contribution >= 0.6 is 23.4 Å². The molecule has 0 atom stereocenters. The van der Waals surface area contributed by atoms with Crippen LogP contribution in [0.15, 0.2) is 76.7 Å². The van der Waals surface area contributed by atoms with Crippen LogP contribution in [0.2, 0.25) is 5.02 Å². The first-order valence-electron chi connectivity index (χ1n) is 10.1. The number of nitrogens with zero attached hydrogens (tertiary/aromatic N) is 2. The number of anilines is 1. The minimum absolute atomic E-state index is 0.0237. The van der Waals surface area contributed by atoms with E-state index in [1.54, 1.807) is 42.5 Å². The number of hydrogen-bond donors (Lipinski definition) is 1. The summed E-state index contributed by atoms with van der Waals surface area (Å²) in [6.45, 7) is 2.28. The number of rotatable bonds is 7. The van der Waals surface area contributed by atoms with E-state index in [1.165, 1.54) is 16.7 Å². The number of benzene rings is 3. The summed E-state index contributed by atoms with van der Waals surface area (Å²) in [7, 11) is 0. The van der Waals surface area contributed by atoms with Gasteiger partial charge < -0.3 is 10.1 Å². The van der Waals surface area contributed by atoms with Crippen molar-refractivity contribution >= 4 is 45.9 Å². The van der Waals surface area contributed by atoms with Crippen LogP contribution in [0.1, 0.15) is 6.92 Å². The number of aromatic nitrogens is 2. The maximum atomic E-state index is 14.0. The SMILES string of the molecule is CCOc1ccccc1-n1c(SCC(=O)Nc2ccc(Cl)cc2F)nc2ccccc2c1=O. The standard InChI is InChI=1S/C24H19ClFN3O3S/c1-2-32-21-10-6-5-9-20(21)29-23(31)16-7-3-4-8-18(16)28-24(29)33-14-22(30)27-19-12-11-15(25)13-17(19)26/h3-13H,2,14H2,1H3,(H,27,30). The Hall–Kier alpha value is -3.36. The molecule has 0 radical (unpaired) electrons. The highest BCUT2D eigenvalue weighted by Crippen LogP contribution is 2.27. The van der Waals surface area contributed by atoms with Crippen LogP contribution in [0.25, 0.3) is 16.6 Å². The maximum Gasteiger partial charge on any atom is 0.266 e. The molecule has 168 valence electrons. The number of para-hydroxylation sites is 3. The Balaban J connectivity index is 1.70. The molecule has 0 aliphatic carbocycles. The summed E-state index contributed by atoms with van der Waals surface area (Å²) in [5, 5.41) is 3.51. The van der Waals surface area contributed by atoms with E-state index in [1.807, 2.05) is 13.0 Å². The normalized spacial score (nSPS) is 10.9. The van der Waals surface area contributed by atoms with E-state index >= 15 is 0 Å². The average Bonchev–Trinajstić information content (AvgIpc) is 2.81. The lowest BCUT2D eigenvalue weighted by Crippen LogP contribution is -2.23. The number of fused-ring (bicyclic) bond motifs is 1. The summed E-state index contributed by atoms with van der Waals surface area (Å²) in [5.41, 5.74) is 0.781. The number of carbonyl (C=O) groups excluding carboxylic acids is 1. The van der Waals surface area contributed by atoms with E-state index in [4.69, 9.17) is 16.3 Å². The predicted octanol–water partition coefficient (Wildman–Crippen LogP) is 5.31. The molecule has 4 rings (SSSR count). The Morgan fingerprint density at radius 3 is 2.70 bits per heavy atom. The first kappa shape index (κ1) is 22.8. The van der Waals surface area contributed by atoms with E-state index in [-0.39, 0.29) is 22.0 Å². The molecule has 0 spiro atoms. The van der Waals surface area contributed by atoms with Crippen molar-refractivity contribution in [2.45, 2.75) is 12.1 Å². The summed E-state index contributed by atoms with van der Waals surface area (Å²) >= 11 is 6.83. The lowest BCUT2D eigenvalue weighted by atomic mass is 10.2. The zero-order valence-corrected chi connectivity index (χ0v) is 19.1. The smallest absolute Gasteiger partial charge is 0.266 e. The minimum Gasteiger partial charge on any atom is -0.492 e. The average molecular weight is 484 g/mol. The third-order valence-electron chi connectivity index (χ3n) is 4.69. The van der Waals surface area contributed by atoms with Crippen LogP contribution in [0.4, 0.5) is 10.1 Å². The fourth-order valence-corrected chi connectivity index (χ4v) is 4.21. The van der Waals surface area contributed by atoms with Crippen molar-refractivity contribution in [2.24, 2.45) is 0 Å². The van der Waals surface area contributed by atoms with Crippen LogP contribution in [0, 0.1) is 5.82 Å². The lowest BCUT2D eigenvalue weighted by molar-refractivity contribution is -0.113. The fourth-order valence-electron chi connectivity index (χ4n) is 3.25. The minimum atomic E-state index is -0.632. The van der Waals surface area contributed by atoms with Crippen molar-refractivity contribution in [3.05, 3.63) is 87.9 Å². The Labute approximate surface area is 198 Å². The summed E-state index contributed by atoms with van der Waals surface area (Å²) < 4.78 is 21.2. The van der Waals surface area contributed by atoms with Crippen molar-refractivity contribution in [3.8, 4) is 11.4 Å². The molecule has 0 bridgehead atoms. The summed E-state index contributed by atoms with van der Waals surface area (Å²) in [6, 6.07) is 18.1. The molecule has 0 aliphatic rings. The van der Waals surface area contributed by atoms with Crippen LogP contribution < -0.4 is 15.6 Å². The third kappa shape index (κ3) is 5.02. The van der Waals surface area contributed by atoms with Gasteiger partial charge in [-0.15, -0.1) is 0 Å². The molecule has 4 aromatic rings. The number of nitrogens with one attached hydrogen (secondary N) is 1. The van der Waals surface area contributed by atoms with Gasteiger partial charge in [-0.2, -0.15) is 0 Å². The molecule has 1 aromatic heterocycles. The van der Waals surface area contributed by atoms with Gasteiger partial charge in [-0.25, -0.2) is 9.37 Å². The Kier molecular flexibility index (Phi) is 6.96. The molecular weight excluding hydrogens is 465 g/mol. The highest BCUT2D eigenvalue weighted by Gasteiger charge is 2.18. The first-order valence-corrected chi connectivity index (χ1v) is 11.5. The van der Waals surface area contributed by atoms with E-state index in [9.17, 15) is 14.0 Å². The number of thioether (sulfide) groups is 1. The van der Waals surface area contributed by atoms with Gasteiger partial charge in [-0.05, 0) is 49.4 Å². The van der Waals surface area contributed by atoms with Crippen LogP contribution in [0.5, 0.6) is 5.75 Å². The van der Waals surface area contributed by atoms with Gasteiger partial charge in [-0.1, -0.05) is 47.6 Å². The van der Waals surface area contributed by atoms with Gasteiger partial charge in [0.1, 0.15) is 11.6 Å². The molecule has 1 heterocycles. The molecule has 0 aliphatic heterocycles. The molecule has 0 saturated heterocycles. The van der Waals surface area contributed by atoms with Crippen molar-refractivity contribution in [2.75, 3.05) is 17.7 Å². The van der Waals surface area contributed by atoms with Crippen LogP contribution in [-0.4, -0.2) is 27.8 Å². The molecule has 1 amide bonds. The fraction of sp³-hybridized carbons (Fsp3) is 0.125. The Morgan fingerprint density at radius 2 is 1.91 bits per heavy atom. The van der Waals surface area contributed by atoms with Gasteiger partial charge in [0.05, 0.1) is 34.6 Å². The summed E-state index contributed by atoms with van der Waals surface area (Å²) in [4.78, 5) is 30.5. The molecule has 0 saturated carbocycles. The molecule has 1 N–H and O–H groups in total. The summed E-state index contributed by atoms with van der Waals surface area (Å²) in [6.07, 6.45) is 0. The highest BCUT2D eigenvalue weighted by atomic mass is 35.5. The topological polar surface area (TPSA) is 73.2 Å². The predicted molar refractivity (Wildman–Crippen MR) is 129 cm³/mol. The van der Waals surface area contributed by atoms with Gasteiger partial charge >= 0.3 is 0 Å². The van der Waals surface area contributed by atoms with Crippen LogP contribution in [0.3, 0.4) is 0 Å².